The van der Waals surface area contributed by atoms with Gasteiger partial charge < -0.3 is 19.5 Å². The van der Waals surface area contributed by atoms with Gasteiger partial charge in [-0.1, -0.05) is 48.6 Å². The van der Waals surface area contributed by atoms with E-state index in [0.717, 1.165) is 36.4 Å². The predicted molar refractivity (Wildman–Crippen MR) is 107 cm³/mol. The van der Waals surface area contributed by atoms with Gasteiger partial charge in [-0.25, -0.2) is 0 Å². The van der Waals surface area contributed by atoms with Crippen molar-refractivity contribution >= 4 is 0 Å². The summed E-state index contributed by atoms with van der Waals surface area (Å²) >= 11 is 0. The zero-order valence-electron chi connectivity index (χ0n) is 16.0. The van der Waals surface area contributed by atoms with Gasteiger partial charge in [-0.3, -0.25) is 0 Å². The van der Waals surface area contributed by atoms with Crippen molar-refractivity contribution in [3.8, 4) is 11.5 Å². The predicted octanol–water partition coefficient (Wildman–Crippen LogP) is 3.07. The lowest BCUT2D eigenvalue weighted by Crippen LogP contribution is -2.64. The minimum absolute atomic E-state index is 0.125. The molecule has 1 N–H and O–H groups in total. The molecular weight excluding hydrogens is 350 g/mol. The molecule has 4 nitrogen and oxygen atoms in total. The number of likely N-dealkylation sites (tertiary alicyclic amines) is 1. The number of aliphatic hydroxyl groups is 1. The largest absolute Gasteiger partial charge is 0.485 e. The Kier molecular flexibility index (Phi) is 3.48. The molecule has 4 aliphatic rings. The number of piperidine rings is 1. The van der Waals surface area contributed by atoms with Crippen LogP contribution in [0, 0.1) is 5.92 Å². The Morgan fingerprint density at radius 1 is 1.18 bits per heavy atom. The van der Waals surface area contributed by atoms with Crippen LogP contribution in [0.25, 0.3) is 0 Å². The number of hydrogen-bond acceptors (Lipinski definition) is 4. The Hall–Kier alpha value is -2.30. The molecule has 2 heterocycles. The summed E-state index contributed by atoms with van der Waals surface area (Å²) in [6, 6.07) is 15.0. The fraction of sp³-hybridized carbons (Fsp3) is 0.417. The summed E-state index contributed by atoms with van der Waals surface area (Å²) in [4.78, 5) is 2.48. The standard InChI is InChI=1S/C24H25NO3/c1-25-12-11-24-17-8-9-19(26)23(24)28-22-20(27-14-15-5-3-2-4-6-15)10-7-16(21(22)24)13-18(17)25/h2-10,17-19,23,26H,11-14H2,1H3/t17-,18+,19-,23-,24-/m0/s1. The first-order chi connectivity index (χ1) is 13.7. The van der Waals surface area contributed by atoms with Gasteiger partial charge in [0, 0.05) is 22.9 Å². The Morgan fingerprint density at radius 2 is 2.04 bits per heavy atom. The van der Waals surface area contributed by atoms with Gasteiger partial charge >= 0.3 is 0 Å². The average Bonchev–Trinajstić information content (AvgIpc) is 3.07. The van der Waals surface area contributed by atoms with Crippen LogP contribution in [-0.4, -0.2) is 41.8 Å². The van der Waals surface area contributed by atoms with Gasteiger partial charge in [-0.15, -0.1) is 0 Å². The Balaban J connectivity index is 1.45. The topological polar surface area (TPSA) is 41.9 Å². The number of aliphatic hydroxyl groups excluding tert-OH is 1. The van der Waals surface area contributed by atoms with Crippen LogP contribution in [0.2, 0.25) is 0 Å². The summed E-state index contributed by atoms with van der Waals surface area (Å²) in [5.41, 5.74) is 3.68. The molecule has 2 aliphatic carbocycles. The van der Waals surface area contributed by atoms with E-state index >= 15 is 0 Å². The van der Waals surface area contributed by atoms with Gasteiger partial charge in [-0.05, 0) is 43.6 Å². The molecule has 2 aromatic rings. The Labute approximate surface area is 165 Å². The van der Waals surface area contributed by atoms with Crippen LogP contribution < -0.4 is 9.47 Å². The SMILES string of the molecule is CN1CC[C@]23c4c5ccc(OCc6ccccc6)c4O[C@H]2[C@@H](O)C=C[C@H]3[C@H]1C5. The molecule has 0 saturated carbocycles. The second-order valence-corrected chi connectivity index (χ2v) is 8.68. The van der Waals surface area contributed by atoms with Gasteiger partial charge in [0.1, 0.15) is 18.8 Å². The maximum absolute atomic E-state index is 10.8. The van der Waals surface area contributed by atoms with Crippen molar-refractivity contribution in [2.75, 3.05) is 13.6 Å². The fourth-order valence-electron chi connectivity index (χ4n) is 6.08. The molecule has 0 unspecified atom stereocenters. The van der Waals surface area contributed by atoms with E-state index in [-0.39, 0.29) is 11.5 Å². The number of hydrogen-bond donors (Lipinski definition) is 1. The average molecular weight is 375 g/mol. The molecule has 1 spiro atoms. The van der Waals surface area contributed by atoms with Crippen LogP contribution >= 0.6 is 0 Å². The maximum atomic E-state index is 10.8. The van der Waals surface area contributed by atoms with E-state index in [1.54, 1.807) is 0 Å². The van der Waals surface area contributed by atoms with Crippen molar-refractivity contribution in [1.82, 2.24) is 4.90 Å². The number of ether oxygens (including phenoxy) is 2. The monoisotopic (exact) mass is 375 g/mol. The quantitative estimate of drug-likeness (QED) is 0.838. The van der Waals surface area contributed by atoms with Crippen LogP contribution in [0.15, 0.2) is 54.6 Å². The van der Waals surface area contributed by atoms with E-state index in [1.807, 2.05) is 24.3 Å². The summed E-state index contributed by atoms with van der Waals surface area (Å²) in [5.74, 6) is 2.06. The molecule has 0 amide bonds. The van der Waals surface area contributed by atoms with Gasteiger partial charge in [-0.2, -0.15) is 0 Å². The summed E-state index contributed by atoms with van der Waals surface area (Å²) < 4.78 is 12.7. The van der Waals surface area contributed by atoms with Crippen molar-refractivity contribution < 1.29 is 14.6 Å². The molecule has 4 heteroatoms. The van der Waals surface area contributed by atoms with Crippen LogP contribution in [0.4, 0.5) is 0 Å². The third-order valence-corrected chi connectivity index (χ3v) is 7.37. The highest BCUT2D eigenvalue weighted by atomic mass is 16.5. The minimum atomic E-state index is -0.569. The van der Waals surface area contributed by atoms with Crippen LogP contribution in [0.5, 0.6) is 11.5 Å². The van der Waals surface area contributed by atoms with Gasteiger partial charge in [0.25, 0.3) is 0 Å². The normalized spacial score (nSPS) is 34.6. The molecule has 2 aromatic carbocycles. The van der Waals surface area contributed by atoms with E-state index < -0.39 is 6.10 Å². The molecule has 1 saturated heterocycles. The molecular formula is C24H25NO3. The van der Waals surface area contributed by atoms with E-state index in [0.29, 0.717) is 18.6 Å². The minimum Gasteiger partial charge on any atom is -0.485 e. The Morgan fingerprint density at radius 3 is 2.89 bits per heavy atom. The smallest absolute Gasteiger partial charge is 0.166 e. The highest BCUT2D eigenvalue weighted by molar-refractivity contribution is 5.62. The molecule has 5 atom stereocenters. The molecule has 0 radical (unpaired) electrons. The third kappa shape index (κ3) is 2.08. The lowest BCUT2D eigenvalue weighted by Gasteiger charge is -2.56. The van der Waals surface area contributed by atoms with Crippen LogP contribution in [-0.2, 0) is 18.4 Å². The second-order valence-electron chi connectivity index (χ2n) is 8.68. The van der Waals surface area contributed by atoms with Crippen molar-refractivity contribution in [3.05, 3.63) is 71.3 Å². The number of benzene rings is 2. The van der Waals surface area contributed by atoms with E-state index in [4.69, 9.17) is 9.47 Å². The van der Waals surface area contributed by atoms with Crippen molar-refractivity contribution in [3.63, 3.8) is 0 Å². The van der Waals surface area contributed by atoms with Gasteiger partial charge in [0.2, 0.25) is 0 Å². The number of rotatable bonds is 3. The molecule has 144 valence electrons. The Bertz CT molecular complexity index is 956. The van der Waals surface area contributed by atoms with Crippen molar-refractivity contribution in [2.45, 2.75) is 43.1 Å². The van der Waals surface area contributed by atoms with Crippen LogP contribution in [0.1, 0.15) is 23.1 Å². The molecule has 6 rings (SSSR count). The fourth-order valence-corrected chi connectivity index (χ4v) is 6.08. The van der Waals surface area contributed by atoms with E-state index in [1.165, 1.54) is 11.1 Å². The molecule has 0 aromatic heterocycles. The number of likely N-dealkylation sites (N-methyl/N-ethyl adjacent to an activating group) is 1. The summed E-state index contributed by atoms with van der Waals surface area (Å²) in [5, 5.41) is 10.8. The summed E-state index contributed by atoms with van der Waals surface area (Å²) in [7, 11) is 2.23. The lowest BCUT2D eigenvalue weighted by atomic mass is 9.53. The zero-order valence-corrected chi connectivity index (χ0v) is 16.0. The van der Waals surface area contributed by atoms with E-state index in [2.05, 4.69) is 42.3 Å². The summed E-state index contributed by atoms with van der Waals surface area (Å²) in [6.45, 7) is 1.55. The third-order valence-electron chi connectivity index (χ3n) is 7.37. The number of nitrogens with zero attached hydrogens (tertiary/aromatic N) is 1. The van der Waals surface area contributed by atoms with Gasteiger partial charge in [0.15, 0.2) is 11.5 Å². The van der Waals surface area contributed by atoms with Crippen molar-refractivity contribution in [2.24, 2.45) is 5.92 Å². The van der Waals surface area contributed by atoms with Crippen molar-refractivity contribution in [1.29, 1.82) is 0 Å². The molecule has 2 aliphatic heterocycles. The zero-order chi connectivity index (χ0) is 18.9. The highest BCUT2D eigenvalue weighted by Gasteiger charge is 2.64. The molecule has 2 bridgehead atoms. The first kappa shape index (κ1) is 16.6. The first-order valence-electron chi connectivity index (χ1n) is 10.2. The summed E-state index contributed by atoms with van der Waals surface area (Å²) in [6.07, 6.45) is 5.45. The maximum Gasteiger partial charge on any atom is 0.166 e. The lowest BCUT2D eigenvalue weighted by molar-refractivity contribution is -0.0454. The van der Waals surface area contributed by atoms with Gasteiger partial charge in [0.05, 0.1) is 0 Å². The highest BCUT2D eigenvalue weighted by Crippen LogP contribution is 2.62. The first-order valence-corrected chi connectivity index (χ1v) is 10.2. The molecule has 1 fully saturated rings. The van der Waals surface area contributed by atoms with E-state index in [9.17, 15) is 5.11 Å². The molecule has 28 heavy (non-hydrogen) atoms. The van der Waals surface area contributed by atoms with Crippen LogP contribution in [0.3, 0.4) is 0 Å². The second kappa shape index (κ2) is 5.85.